The monoisotopic (exact) mass is 890 g/mol. The van der Waals surface area contributed by atoms with Crippen LogP contribution in [0.2, 0.25) is 0 Å². The molecule has 0 aliphatic heterocycles. The first-order valence-electron chi connectivity index (χ1n) is 28.5. The Morgan fingerprint density at radius 3 is 1.08 bits per heavy atom. The van der Waals surface area contributed by atoms with Gasteiger partial charge in [-0.25, -0.2) is 0 Å². The van der Waals surface area contributed by atoms with Crippen LogP contribution in [0.5, 0.6) is 0 Å². The van der Waals surface area contributed by atoms with E-state index in [-0.39, 0.29) is 18.5 Å². The van der Waals surface area contributed by atoms with Crippen molar-refractivity contribution in [2.75, 3.05) is 13.2 Å². The number of esters is 1. The van der Waals surface area contributed by atoms with Crippen LogP contribution in [0.4, 0.5) is 0 Å². The Balaban J connectivity index is 3.49. The first-order valence-corrected chi connectivity index (χ1v) is 28.5. The van der Waals surface area contributed by atoms with Gasteiger partial charge in [0, 0.05) is 12.8 Å². The Labute approximate surface area is 393 Å². The highest BCUT2D eigenvalue weighted by Crippen LogP contribution is 2.17. The summed E-state index contributed by atoms with van der Waals surface area (Å²) in [5, 5.41) is 23.1. The van der Waals surface area contributed by atoms with E-state index in [4.69, 9.17) is 4.74 Å². The molecular weight excluding hydrogens is 779 g/mol. The minimum Gasteiger partial charge on any atom is -0.466 e. The van der Waals surface area contributed by atoms with Crippen molar-refractivity contribution in [1.82, 2.24) is 5.32 Å². The van der Waals surface area contributed by atoms with E-state index in [2.05, 4.69) is 19.2 Å². The smallest absolute Gasteiger partial charge is 0.305 e. The van der Waals surface area contributed by atoms with E-state index in [1.165, 1.54) is 231 Å². The lowest BCUT2D eigenvalue weighted by molar-refractivity contribution is -0.143. The minimum absolute atomic E-state index is 0.0166. The summed E-state index contributed by atoms with van der Waals surface area (Å²) in [6, 6.07) is -0.644. The molecule has 1 amide bonds. The highest BCUT2D eigenvalue weighted by molar-refractivity contribution is 5.76. The average Bonchev–Trinajstić information content (AvgIpc) is 3.28. The lowest BCUT2D eigenvalue weighted by atomic mass is 10.0. The fraction of sp³-hybridized carbons (Fsp3) is 0.930. The number of hydrogen-bond acceptors (Lipinski definition) is 5. The predicted molar refractivity (Wildman–Crippen MR) is 273 cm³/mol. The highest BCUT2D eigenvalue weighted by Gasteiger charge is 2.18. The van der Waals surface area contributed by atoms with E-state index in [0.29, 0.717) is 19.4 Å². The van der Waals surface area contributed by atoms with Crippen LogP contribution in [0.1, 0.15) is 316 Å². The predicted octanol–water partition coefficient (Wildman–Crippen LogP) is 17.3. The third-order valence-electron chi connectivity index (χ3n) is 13.3. The van der Waals surface area contributed by atoms with Crippen LogP contribution in [0.3, 0.4) is 0 Å². The van der Waals surface area contributed by atoms with Crippen LogP contribution in [0.15, 0.2) is 12.2 Å². The van der Waals surface area contributed by atoms with Gasteiger partial charge < -0.3 is 20.3 Å². The number of rotatable bonds is 53. The van der Waals surface area contributed by atoms with Crippen molar-refractivity contribution in [3.05, 3.63) is 12.2 Å². The molecule has 0 rings (SSSR count). The Kier molecular flexibility index (Phi) is 52.0. The second-order valence-electron chi connectivity index (χ2n) is 19.6. The third-order valence-corrected chi connectivity index (χ3v) is 13.3. The summed E-state index contributed by atoms with van der Waals surface area (Å²) in [5.41, 5.74) is 0. The van der Waals surface area contributed by atoms with Gasteiger partial charge in [0.25, 0.3) is 0 Å². The van der Waals surface area contributed by atoms with Crippen LogP contribution in [-0.4, -0.2) is 47.4 Å². The first-order chi connectivity index (χ1) is 31.0. The molecule has 0 bridgehead atoms. The van der Waals surface area contributed by atoms with Crippen LogP contribution in [0.25, 0.3) is 0 Å². The summed E-state index contributed by atoms with van der Waals surface area (Å²) in [6.07, 6.45) is 62.2. The van der Waals surface area contributed by atoms with Crippen molar-refractivity contribution in [1.29, 1.82) is 0 Å². The number of aliphatic hydroxyl groups excluding tert-OH is 2. The van der Waals surface area contributed by atoms with E-state index in [0.717, 1.165) is 57.8 Å². The number of allylic oxidation sites excluding steroid dienone is 1. The summed E-state index contributed by atoms with van der Waals surface area (Å²) >= 11 is 0. The number of carbonyl (C=O) groups is 2. The lowest BCUT2D eigenvalue weighted by Gasteiger charge is -2.20. The molecular formula is C57H111NO5. The van der Waals surface area contributed by atoms with E-state index >= 15 is 0 Å². The van der Waals surface area contributed by atoms with Gasteiger partial charge in [-0.1, -0.05) is 283 Å². The van der Waals surface area contributed by atoms with Gasteiger partial charge in [0.05, 0.1) is 25.4 Å². The molecule has 3 N–H and O–H groups in total. The minimum atomic E-state index is -0.858. The summed E-state index contributed by atoms with van der Waals surface area (Å²) in [6.45, 7) is 4.88. The fourth-order valence-electron chi connectivity index (χ4n) is 8.93. The number of amides is 1. The molecule has 0 aromatic carbocycles. The molecule has 0 heterocycles. The summed E-state index contributed by atoms with van der Waals surface area (Å²) < 4.78 is 5.47. The Hall–Kier alpha value is -1.40. The lowest BCUT2D eigenvalue weighted by Crippen LogP contribution is -2.45. The van der Waals surface area contributed by atoms with E-state index < -0.39 is 12.1 Å². The summed E-state index contributed by atoms with van der Waals surface area (Å²) in [5.74, 6) is -0.104. The van der Waals surface area contributed by atoms with Crippen molar-refractivity contribution in [3.63, 3.8) is 0 Å². The maximum atomic E-state index is 12.5. The molecule has 0 spiro atoms. The molecule has 374 valence electrons. The van der Waals surface area contributed by atoms with Gasteiger partial charge in [-0.15, -0.1) is 0 Å². The van der Waals surface area contributed by atoms with E-state index in [1.54, 1.807) is 6.08 Å². The quantitative estimate of drug-likeness (QED) is 0.0321. The molecule has 2 atom stereocenters. The Morgan fingerprint density at radius 2 is 0.730 bits per heavy atom. The molecule has 0 aliphatic carbocycles. The Bertz CT molecular complexity index is 939. The molecule has 0 saturated heterocycles. The normalized spacial score (nSPS) is 12.6. The zero-order valence-corrected chi connectivity index (χ0v) is 42.6. The van der Waals surface area contributed by atoms with Crippen LogP contribution in [0, 0.1) is 0 Å². The molecule has 0 saturated carbocycles. The highest BCUT2D eigenvalue weighted by atomic mass is 16.5. The topological polar surface area (TPSA) is 95.9 Å². The largest absolute Gasteiger partial charge is 0.466 e. The summed E-state index contributed by atoms with van der Waals surface area (Å²) in [7, 11) is 0. The van der Waals surface area contributed by atoms with E-state index in [1.807, 2.05) is 6.08 Å². The van der Waals surface area contributed by atoms with E-state index in [9.17, 15) is 19.8 Å². The van der Waals surface area contributed by atoms with Gasteiger partial charge in [-0.05, 0) is 32.1 Å². The van der Waals surface area contributed by atoms with Crippen molar-refractivity contribution in [2.24, 2.45) is 0 Å². The molecule has 0 aromatic rings. The van der Waals surface area contributed by atoms with Crippen molar-refractivity contribution < 1.29 is 24.5 Å². The van der Waals surface area contributed by atoms with Crippen LogP contribution < -0.4 is 5.32 Å². The standard InChI is InChI=1S/C57H111NO5/c1-3-5-7-9-11-13-15-17-19-21-22-23-24-25-27-29-33-37-41-45-49-55(60)54(53-59)58-56(61)50-46-42-38-34-31-32-36-40-44-48-52-63-57(62)51-47-43-39-35-30-28-26-20-18-16-14-12-10-8-6-4-2/h45,49,54-55,59-60H,3-44,46-48,50-53H2,1-2H3,(H,58,61)/b49-45+. The molecule has 6 nitrogen and oxygen atoms in total. The number of aliphatic hydroxyl groups is 2. The van der Waals surface area contributed by atoms with Crippen LogP contribution >= 0.6 is 0 Å². The molecule has 6 heteroatoms. The zero-order chi connectivity index (χ0) is 45.8. The van der Waals surface area contributed by atoms with Crippen molar-refractivity contribution in [2.45, 2.75) is 328 Å². The van der Waals surface area contributed by atoms with Gasteiger partial charge in [0.15, 0.2) is 0 Å². The molecule has 2 unspecified atom stereocenters. The zero-order valence-electron chi connectivity index (χ0n) is 42.6. The first kappa shape index (κ1) is 61.6. The van der Waals surface area contributed by atoms with Crippen LogP contribution in [-0.2, 0) is 14.3 Å². The maximum absolute atomic E-state index is 12.5. The van der Waals surface area contributed by atoms with Gasteiger partial charge in [-0.3, -0.25) is 9.59 Å². The number of hydrogen-bond donors (Lipinski definition) is 3. The molecule has 63 heavy (non-hydrogen) atoms. The van der Waals surface area contributed by atoms with Crippen molar-refractivity contribution >= 4 is 11.9 Å². The second kappa shape index (κ2) is 53.2. The number of carbonyl (C=O) groups excluding carboxylic acids is 2. The number of nitrogens with one attached hydrogen (secondary N) is 1. The van der Waals surface area contributed by atoms with Crippen molar-refractivity contribution in [3.8, 4) is 0 Å². The second-order valence-corrected chi connectivity index (χ2v) is 19.6. The number of ether oxygens (including phenoxy) is 1. The van der Waals surface area contributed by atoms with Gasteiger partial charge in [0.2, 0.25) is 5.91 Å². The van der Waals surface area contributed by atoms with Gasteiger partial charge in [0.1, 0.15) is 0 Å². The molecule has 0 aromatic heterocycles. The average molecular weight is 891 g/mol. The molecule has 0 aliphatic rings. The molecule has 0 fully saturated rings. The Morgan fingerprint density at radius 1 is 0.429 bits per heavy atom. The number of unbranched alkanes of at least 4 members (excludes halogenated alkanes) is 42. The maximum Gasteiger partial charge on any atom is 0.305 e. The fourth-order valence-corrected chi connectivity index (χ4v) is 8.93. The van der Waals surface area contributed by atoms with Gasteiger partial charge in [-0.2, -0.15) is 0 Å². The SMILES string of the molecule is CCCCCCCCCCCCCCCCCCCC/C=C/C(O)C(CO)NC(=O)CCCCCCCCCCCCOC(=O)CCCCCCCCCCCCCCCCCC. The summed E-state index contributed by atoms with van der Waals surface area (Å²) in [4.78, 5) is 24.5. The third kappa shape index (κ3) is 49.9. The molecule has 0 radical (unpaired) electrons. The van der Waals surface area contributed by atoms with Gasteiger partial charge >= 0.3 is 5.97 Å².